The zero-order chi connectivity index (χ0) is 27.8. The molecule has 2 atom stereocenters. The third kappa shape index (κ3) is 26.6. The van der Waals surface area contributed by atoms with Crippen molar-refractivity contribution in [3.63, 3.8) is 0 Å². The Bertz CT molecular complexity index is 622. The van der Waals surface area contributed by atoms with Gasteiger partial charge in [-0.3, -0.25) is 13.8 Å². The van der Waals surface area contributed by atoms with E-state index in [1.54, 1.807) is 6.92 Å². The number of allylic oxidation sites excluding steroid dienone is 2. The predicted molar refractivity (Wildman–Crippen MR) is 150 cm³/mol. The molecular weight excluding hydrogens is 493 g/mol. The zero-order valence-corrected chi connectivity index (χ0v) is 25.4. The van der Waals surface area contributed by atoms with Crippen molar-refractivity contribution in [2.24, 2.45) is 0 Å². The van der Waals surface area contributed by atoms with Crippen molar-refractivity contribution >= 4 is 13.8 Å². The fourth-order valence-electron chi connectivity index (χ4n) is 3.52. The average molecular weight is 551 g/mol. The molecule has 0 bridgehead atoms. The number of likely N-dealkylation sites (N-methyl/N-ethyl adjacent to an activating group) is 1. The second kappa shape index (κ2) is 23.2. The molecule has 0 aromatic heterocycles. The van der Waals surface area contributed by atoms with Gasteiger partial charge in [-0.25, -0.2) is 4.57 Å². The highest BCUT2D eigenvalue weighted by Gasteiger charge is 2.26. The SMILES string of the molecule is CCCCCCC/C=C\CCCCCCCCOCC(COP(=O)(O)OCC[N+](C)(C)C)OC(=O)CC. The van der Waals surface area contributed by atoms with Crippen LogP contribution in [0.4, 0.5) is 0 Å². The number of unbranched alkanes of at least 4 members (excludes halogenated alkanes) is 11. The number of hydrogen-bond acceptors (Lipinski definition) is 6. The monoisotopic (exact) mass is 550 g/mol. The molecule has 9 heteroatoms. The molecule has 0 aliphatic heterocycles. The maximum absolute atomic E-state index is 12.1. The molecule has 0 radical (unpaired) electrons. The topological polar surface area (TPSA) is 91.3 Å². The van der Waals surface area contributed by atoms with E-state index in [-0.39, 0.29) is 26.2 Å². The molecule has 0 spiro atoms. The standard InChI is InChI=1S/C28H56NO7P/c1-6-8-9-10-11-12-13-14-15-16-17-18-19-20-21-23-33-25-27(36-28(30)7-2)26-35-37(31,32)34-24-22-29(3,4)5/h13-14,27H,6-12,15-26H2,1-5H3/p+1/b14-13-. The second-order valence-electron chi connectivity index (χ2n) is 10.7. The number of hydrogen-bond donors (Lipinski definition) is 1. The zero-order valence-electron chi connectivity index (χ0n) is 24.5. The van der Waals surface area contributed by atoms with Crippen molar-refractivity contribution in [2.75, 3.05) is 54.1 Å². The van der Waals surface area contributed by atoms with Gasteiger partial charge >= 0.3 is 13.8 Å². The lowest BCUT2D eigenvalue weighted by atomic mass is 10.1. The Hall–Kier alpha value is -0.760. The minimum absolute atomic E-state index is 0.0864. The minimum atomic E-state index is -4.22. The third-order valence-electron chi connectivity index (χ3n) is 5.88. The Kier molecular flexibility index (Phi) is 22.7. The summed E-state index contributed by atoms with van der Waals surface area (Å²) >= 11 is 0. The van der Waals surface area contributed by atoms with E-state index in [4.69, 9.17) is 18.5 Å². The summed E-state index contributed by atoms with van der Waals surface area (Å²) in [5.41, 5.74) is 0. The Morgan fingerprint density at radius 3 is 1.95 bits per heavy atom. The fourth-order valence-corrected chi connectivity index (χ4v) is 4.26. The molecule has 0 heterocycles. The highest BCUT2D eigenvalue weighted by molar-refractivity contribution is 7.47. The van der Waals surface area contributed by atoms with Crippen LogP contribution in [0, 0.1) is 0 Å². The van der Waals surface area contributed by atoms with Crippen molar-refractivity contribution in [1.82, 2.24) is 0 Å². The van der Waals surface area contributed by atoms with Gasteiger partial charge in [0.25, 0.3) is 0 Å². The molecule has 0 fully saturated rings. The van der Waals surface area contributed by atoms with Crippen molar-refractivity contribution in [3.8, 4) is 0 Å². The molecule has 1 N–H and O–H groups in total. The highest BCUT2D eigenvalue weighted by Crippen LogP contribution is 2.43. The van der Waals surface area contributed by atoms with Gasteiger partial charge in [0.1, 0.15) is 19.3 Å². The van der Waals surface area contributed by atoms with E-state index in [1.165, 1.54) is 70.6 Å². The molecule has 0 rings (SSSR count). The summed E-state index contributed by atoms with van der Waals surface area (Å²) < 4.78 is 33.7. The lowest BCUT2D eigenvalue weighted by Gasteiger charge is -2.24. The van der Waals surface area contributed by atoms with Gasteiger partial charge in [0.2, 0.25) is 0 Å². The fraction of sp³-hybridized carbons (Fsp3) is 0.893. The molecule has 0 aliphatic carbocycles. The number of phosphoric acid groups is 1. The molecule has 0 saturated heterocycles. The molecular formula is C28H57NO7P+. The van der Waals surface area contributed by atoms with E-state index < -0.39 is 19.9 Å². The quantitative estimate of drug-likeness (QED) is 0.0416. The Labute approximate surface area is 227 Å². The summed E-state index contributed by atoms with van der Waals surface area (Å²) in [4.78, 5) is 21.6. The summed E-state index contributed by atoms with van der Waals surface area (Å²) in [6.45, 7) is 5.01. The normalized spacial score (nSPS) is 14.6. The number of esters is 1. The molecule has 0 saturated carbocycles. The Morgan fingerprint density at radius 1 is 0.811 bits per heavy atom. The van der Waals surface area contributed by atoms with Crippen molar-refractivity contribution in [2.45, 2.75) is 110 Å². The van der Waals surface area contributed by atoms with Crippen LogP contribution in [0.1, 0.15) is 104 Å². The molecule has 0 aliphatic rings. The lowest BCUT2D eigenvalue weighted by Crippen LogP contribution is -2.37. The van der Waals surface area contributed by atoms with Gasteiger partial charge in [-0.15, -0.1) is 0 Å². The van der Waals surface area contributed by atoms with E-state index in [0.717, 1.165) is 12.8 Å². The number of rotatable bonds is 26. The number of carbonyl (C=O) groups is 1. The van der Waals surface area contributed by atoms with E-state index in [9.17, 15) is 14.3 Å². The van der Waals surface area contributed by atoms with E-state index in [1.807, 2.05) is 21.1 Å². The van der Waals surface area contributed by atoms with Gasteiger partial charge < -0.3 is 18.9 Å². The first-order valence-electron chi connectivity index (χ1n) is 14.4. The number of carbonyl (C=O) groups excluding carboxylic acids is 1. The summed E-state index contributed by atoms with van der Waals surface area (Å²) in [6, 6.07) is 0. The maximum Gasteiger partial charge on any atom is 0.472 e. The Balaban J connectivity index is 3.90. The third-order valence-corrected chi connectivity index (χ3v) is 6.87. The van der Waals surface area contributed by atoms with Gasteiger partial charge in [-0.05, 0) is 32.1 Å². The summed E-state index contributed by atoms with van der Waals surface area (Å²) in [7, 11) is 1.65. The second-order valence-corrected chi connectivity index (χ2v) is 12.2. The van der Waals surface area contributed by atoms with Gasteiger partial charge in [0, 0.05) is 13.0 Å². The summed E-state index contributed by atoms with van der Waals surface area (Å²) in [5, 5.41) is 0. The van der Waals surface area contributed by atoms with Crippen LogP contribution in [0.2, 0.25) is 0 Å². The van der Waals surface area contributed by atoms with Crippen LogP contribution in [-0.2, 0) is 27.9 Å². The highest BCUT2D eigenvalue weighted by atomic mass is 31.2. The van der Waals surface area contributed by atoms with Crippen LogP contribution in [0.15, 0.2) is 12.2 Å². The first-order chi connectivity index (χ1) is 17.6. The first-order valence-corrected chi connectivity index (χ1v) is 15.9. The molecule has 2 unspecified atom stereocenters. The minimum Gasteiger partial charge on any atom is -0.457 e. The summed E-state index contributed by atoms with van der Waals surface area (Å²) in [5.74, 6) is -0.405. The van der Waals surface area contributed by atoms with Crippen LogP contribution in [0.3, 0.4) is 0 Å². The molecule has 37 heavy (non-hydrogen) atoms. The van der Waals surface area contributed by atoms with Gasteiger partial charge in [-0.2, -0.15) is 0 Å². The molecule has 220 valence electrons. The average Bonchev–Trinajstić information content (AvgIpc) is 2.83. The number of ether oxygens (including phenoxy) is 2. The van der Waals surface area contributed by atoms with Gasteiger partial charge in [-0.1, -0.05) is 77.4 Å². The Morgan fingerprint density at radius 2 is 1.38 bits per heavy atom. The number of quaternary nitrogens is 1. The maximum atomic E-state index is 12.1. The van der Waals surface area contributed by atoms with Crippen LogP contribution in [0.5, 0.6) is 0 Å². The van der Waals surface area contributed by atoms with Crippen molar-refractivity contribution in [3.05, 3.63) is 12.2 Å². The van der Waals surface area contributed by atoms with Gasteiger partial charge in [0.05, 0.1) is 34.4 Å². The van der Waals surface area contributed by atoms with Crippen molar-refractivity contribution in [1.29, 1.82) is 0 Å². The lowest BCUT2D eigenvalue weighted by molar-refractivity contribution is -0.870. The van der Waals surface area contributed by atoms with E-state index >= 15 is 0 Å². The van der Waals surface area contributed by atoms with Crippen LogP contribution in [-0.4, -0.2) is 75.6 Å². The number of nitrogens with zero attached hydrogens (tertiary/aromatic N) is 1. The molecule has 0 aromatic rings. The first kappa shape index (κ1) is 36.2. The van der Waals surface area contributed by atoms with E-state index in [0.29, 0.717) is 17.6 Å². The molecule has 0 amide bonds. The largest absolute Gasteiger partial charge is 0.472 e. The van der Waals surface area contributed by atoms with Crippen LogP contribution < -0.4 is 0 Å². The molecule has 8 nitrogen and oxygen atoms in total. The number of phosphoric ester groups is 1. The smallest absolute Gasteiger partial charge is 0.457 e. The predicted octanol–water partition coefficient (Wildman–Crippen LogP) is 6.81. The van der Waals surface area contributed by atoms with Gasteiger partial charge in [0.15, 0.2) is 0 Å². The molecule has 0 aromatic carbocycles. The van der Waals surface area contributed by atoms with Crippen LogP contribution >= 0.6 is 7.82 Å². The summed E-state index contributed by atoms with van der Waals surface area (Å²) in [6.07, 6.45) is 20.2. The van der Waals surface area contributed by atoms with Crippen LogP contribution in [0.25, 0.3) is 0 Å². The van der Waals surface area contributed by atoms with E-state index in [2.05, 4.69) is 19.1 Å². The van der Waals surface area contributed by atoms with Crippen molar-refractivity contribution < 1.29 is 37.3 Å².